The molecule has 2 aromatic rings. The van der Waals surface area contributed by atoms with Crippen molar-refractivity contribution in [3.63, 3.8) is 0 Å². The van der Waals surface area contributed by atoms with Gasteiger partial charge < -0.3 is 25.7 Å². The zero-order valence-electron chi connectivity index (χ0n) is 13.4. The van der Waals surface area contributed by atoms with Crippen LogP contribution in [0.15, 0.2) is 12.3 Å². The van der Waals surface area contributed by atoms with Crippen molar-refractivity contribution in [2.24, 2.45) is 0 Å². The lowest BCUT2D eigenvalue weighted by atomic mass is 9.93. The van der Waals surface area contributed by atoms with Gasteiger partial charge in [-0.1, -0.05) is 0 Å². The van der Waals surface area contributed by atoms with Gasteiger partial charge in [-0.05, 0) is 24.5 Å². The highest BCUT2D eigenvalue weighted by atomic mass is 16.5. The Morgan fingerprint density at radius 2 is 1.78 bits per heavy atom. The first-order valence-electron chi connectivity index (χ1n) is 7.30. The van der Waals surface area contributed by atoms with Crippen molar-refractivity contribution in [1.82, 2.24) is 9.97 Å². The van der Waals surface area contributed by atoms with Crippen molar-refractivity contribution in [3.05, 3.63) is 29.0 Å². The molecule has 1 heterocycles. The topological polar surface area (TPSA) is 106 Å². The molecule has 0 saturated heterocycles. The van der Waals surface area contributed by atoms with Crippen LogP contribution in [-0.2, 0) is 6.42 Å². The molecule has 0 aliphatic heterocycles. The van der Waals surface area contributed by atoms with E-state index in [0.717, 1.165) is 29.5 Å². The van der Waals surface area contributed by atoms with Crippen molar-refractivity contribution < 1.29 is 14.2 Å². The van der Waals surface area contributed by atoms with Gasteiger partial charge in [0.15, 0.2) is 11.5 Å². The molecule has 1 aliphatic rings. The third-order valence-corrected chi connectivity index (χ3v) is 4.27. The lowest BCUT2D eigenvalue weighted by Crippen LogP contribution is -2.07. The van der Waals surface area contributed by atoms with E-state index >= 15 is 0 Å². The molecule has 4 N–H and O–H groups in total. The molecule has 1 aliphatic carbocycles. The maximum absolute atomic E-state index is 6.04. The van der Waals surface area contributed by atoms with E-state index in [0.29, 0.717) is 23.1 Å². The van der Waals surface area contributed by atoms with Crippen molar-refractivity contribution in [2.75, 3.05) is 32.8 Å². The van der Waals surface area contributed by atoms with Gasteiger partial charge in [0.1, 0.15) is 5.82 Å². The molecule has 0 spiro atoms. The van der Waals surface area contributed by atoms with Crippen molar-refractivity contribution >= 4 is 11.8 Å². The molecule has 0 radical (unpaired) electrons. The van der Waals surface area contributed by atoms with Gasteiger partial charge in [-0.3, -0.25) is 0 Å². The molecular weight excluding hydrogens is 296 g/mol. The van der Waals surface area contributed by atoms with E-state index in [-0.39, 0.29) is 11.9 Å². The minimum Gasteiger partial charge on any atom is -0.493 e. The Morgan fingerprint density at radius 3 is 2.39 bits per heavy atom. The van der Waals surface area contributed by atoms with Crippen LogP contribution in [0.1, 0.15) is 29.0 Å². The molecule has 7 nitrogen and oxygen atoms in total. The zero-order chi connectivity index (χ0) is 16.6. The Kier molecular flexibility index (Phi) is 3.85. The molecular formula is C16H20N4O3. The van der Waals surface area contributed by atoms with Gasteiger partial charge in [0, 0.05) is 23.2 Å². The van der Waals surface area contributed by atoms with Crippen LogP contribution in [0, 0.1) is 0 Å². The second kappa shape index (κ2) is 5.83. The molecule has 7 heteroatoms. The SMILES string of the molecule is COc1cc2c(c(OC)c1OC)CCC2c1cnc(N)nc1N. The first kappa shape index (κ1) is 15.2. The van der Waals surface area contributed by atoms with Crippen molar-refractivity contribution in [1.29, 1.82) is 0 Å². The minimum absolute atomic E-state index is 0.0827. The van der Waals surface area contributed by atoms with Crippen LogP contribution in [0.2, 0.25) is 0 Å². The summed E-state index contributed by atoms with van der Waals surface area (Å²) in [6.45, 7) is 0. The van der Waals surface area contributed by atoms with Crippen LogP contribution in [0.5, 0.6) is 17.2 Å². The number of nitrogens with zero attached hydrogens (tertiary/aromatic N) is 2. The Hall–Kier alpha value is -2.70. The number of rotatable bonds is 4. The van der Waals surface area contributed by atoms with Gasteiger partial charge in [-0.2, -0.15) is 4.98 Å². The predicted molar refractivity (Wildman–Crippen MR) is 87.1 cm³/mol. The zero-order valence-corrected chi connectivity index (χ0v) is 13.4. The fraction of sp³-hybridized carbons (Fsp3) is 0.375. The minimum atomic E-state index is 0.0827. The molecule has 23 heavy (non-hydrogen) atoms. The number of fused-ring (bicyclic) bond motifs is 1. The Balaban J connectivity index is 2.16. The standard InChI is InChI=1S/C16H20N4O3/c1-21-12-6-10-8(11-7-19-16(18)20-15(11)17)4-5-9(10)13(22-2)14(12)23-3/h6-8H,4-5H2,1-3H3,(H4,17,18,19,20). The number of benzene rings is 1. The van der Waals surface area contributed by atoms with Gasteiger partial charge in [0.2, 0.25) is 11.7 Å². The number of nitrogens with two attached hydrogens (primary N) is 2. The molecule has 3 rings (SSSR count). The summed E-state index contributed by atoms with van der Waals surface area (Å²) >= 11 is 0. The average molecular weight is 316 g/mol. The molecule has 0 bridgehead atoms. The quantitative estimate of drug-likeness (QED) is 0.885. The number of hydrogen-bond donors (Lipinski definition) is 2. The van der Waals surface area contributed by atoms with Crippen LogP contribution >= 0.6 is 0 Å². The number of hydrogen-bond acceptors (Lipinski definition) is 7. The smallest absolute Gasteiger partial charge is 0.221 e. The Labute approximate surface area is 134 Å². The number of nitrogen functional groups attached to an aromatic ring is 2. The summed E-state index contributed by atoms with van der Waals surface area (Å²) in [6.07, 6.45) is 3.44. The number of anilines is 2. The molecule has 122 valence electrons. The van der Waals surface area contributed by atoms with Gasteiger partial charge >= 0.3 is 0 Å². The van der Waals surface area contributed by atoms with Gasteiger partial charge in [0.25, 0.3) is 0 Å². The van der Waals surface area contributed by atoms with Gasteiger partial charge in [0.05, 0.1) is 21.3 Å². The highest BCUT2D eigenvalue weighted by molar-refractivity contribution is 5.63. The first-order valence-corrected chi connectivity index (χ1v) is 7.30. The summed E-state index contributed by atoms with van der Waals surface area (Å²) < 4.78 is 16.5. The molecule has 0 saturated carbocycles. The monoisotopic (exact) mass is 316 g/mol. The maximum atomic E-state index is 6.04. The highest BCUT2D eigenvalue weighted by Gasteiger charge is 2.32. The maximum Gasteiger partial charge on any atom is 0.221 e. The normalized spacial score (nSPS) is 16.0. The third kappa shape index (κ3) is 2.38. The Morgan fingerprint density at radius 1 is 1.04 bits per heavy atom. The van der Waals surface area contributed by atoms with E-state index in [1.165, 1.54) is 0 Å². The second-order valence-corrected chi connectivity index (χ2v) is 5.37. The second-order valence-electron chi connectivity index (χ2n) is 5.37. The van der Waals surface area contributed by atoms with Crippen LogP contribution in [0.25, 0.3) is 0 Å². The Bertz CT molecular complexity index is 749. The highest BCUT2D eigenvalue weighted by Crippen LogP contribution is 2.50. The van der Waals surface area contributed by atoms with E-state index in [4.69, 9.17) is 25.7 Å². The van der Waals surface area contributed by atoms with Crippen LogP contribution in [0.3, 0.4) is 0 Å². The average Bonchev–Trinajstić information content (AvgIpc) is 2.96. The predicted octanol–water partition coefficient (Wildman–Crippen LogP) is 1.74. The molecule has 0 fully saturated rings. The van der Waals surface area contributed by atoms with Crippen LogP contribution < -0.4 is 25.7 Å². The third-order valence-electron chi connectivity index (χ3n) is 4.27. The summed E-state index contributed by atoms with van der Waals surface area (Å²) in [5, 5.41) is 0. The lowest BCUT2D eigenvalue weighted by molar-refractivity contribution is 0.322. The number of ether oxygens (including phenoxy) is 3. The van der Waals surface area contributed by atoms with Crippen molar-refractivity contribution in [3.8, 4) is 17.2 Å². The number of methoxy groups -OCH3 is 3. The van der Waals surface area contributed by atoms with E-state index in [1.807, 2.05) is 6.07 Å². The van der Waals surface area contributed by atoms with E-state index in [1.54, 1.807) is 27.5 Å². The van der Waals surface area contributed by atoms with Gasteiger partial charge in [-0.15, -0.1) is 0 Å². The summed E-state index contributed by atoms with van der Waals surface area (Å²) in [5.74, 6) is 2.61. The van der Waals surface area contributed by atoms with Gasteiger partial charge in [-0.25, -0.2) is 4.98 Å². The largest absolute Gasteiger partial charge is 0.493 e. The molecule has 1 aromatic carbocycles. The molecule has 1 aromatic heterocycles. The molecule has 1 atom stereocenters. The van der Waals surface area contributed by atoms with E-state index < -0.39 is 0 Å². The fourth-order valence-electron chi connectivity index (χ4n) is 3.26. The summed E-state index contributed by atoms with van der Waals surface area (Å²) in [5.41, 5.74) is 14.7. The fourth-order valence-corrected chi connectivity index (χ4v) is 3.26. The summed E-state index contributed by atoms with van der Waals surface area (Å²) in [4.78, 5) is 8.14. The molecule has 0 amide bonds. The summed E-state index contributed by atoms with van der Waals surface area (Å²) in [6, 6.07) is 1.98. The lowest BCUT2D eigenvalue weighted by Gasteiger charge is -2.18. The molecule has 1 unspecified atom stereocenters. The van der Waals surface area contributed by atoms with E-state index in [2.05, 4.69) is 9.97 Å². The summed E-state index contributed by atoms with van der Waals surface area (Å²) in [7, 11) is 4.84. The first-order chi connectivity index (χ1) is 11.1. The number of aromatic nitrogens is 2. The van der Waals surface area contributed by atoms with Crippen LogP contribution in [-0.4, -0.2) is 31.3 Å². The van der Waals surface area contributed by atoms with Crippen LogP contribution in [0.4, 0.5) is 11.8 Å². The van der Waals surface area contributed by atoms with Crippen molar-refractivity contribution in [2.45, 2.75) is 18.8 Å². The van der Waals surface area contributed by atoms with E-state index in [9.17, 15) is 0 Å².